The zero-order valence-electron chi connectivity index (χ0n) is 13.2. The van der Waals surface area contributed by atoms with Crippen molar-refractivity contribution in [2.45, 2.75) is 24.4 Å². The number of aromatic nitrogens is 1. The van der Waals surface area contributed by atoms with Crippen LogP contribution in [0.5, 0.6) is 0 Å². The van der Waals surface area contributed by atoms with Crippen molar-refractivity contribution in [1.29, 1.82) is 5.26 Å². The van der Waals surface area contributed by atoms with Gasteiger partial charge in [0.15, 0.2) is 5.69 Å². The van der Waals surface area contributed by atoms with Crippen LogP contribution in [0.2, 0.25) is 0 Å². The van der Waals surface area contributed by atoms with E-state index in [0.717, 1.165) is 18.7 Å². The summed E-state index contributed by atoms with van der Waals surface area (Å²) in [5.41, 5.74) is 0.102. The Morgan fingerprint density at radius 2 is 1.96 bits per heavy atom. The number of carbonyl (C=O) groups is 1. The van der Waals surface area contributed by atoms with Crippen LogP contribution >= 0.6 is 0 Å². The monoisotopic (exact) mass is 349 g/mol. The van der Waals surface area contributed by atoms with Crippen molar-refractivity contribution in [1.82, 2.24) is 5.16 Å². The van der Waals surface area contributed by atoms with E-state index in [0.29, 0.717) is 0 Å². The van der Waals surface area contributed by atoms with Crippen molar-refractivity contribution >= 4 is 21.7 Å². The molecule has 2 rings (SSSR count). The Hall–Kier alpha value is -2.86. The molecule has 8 nitrogen and oxygen atoms in total. The van der Waals surface area contributed by atoms with Crippen molar-refractivity contribution in [3.63, 3.8) is 0 Å². The Bertz CT molecular complexity index is 892. The van der Waals surface area contributed by atoms with E-state index in [9.17, 15) is 13.2 Å². The van der Waals surface area contributed by atoms with Gasteiger partial charge in [-0.3, -0.25) is 4.72 Å². The van der Waals surface area contributed by atoms with E-state index < -0.39 is 26.5 Å². The van der Waals surface area contributed by atoms with Crippen LogP contribution in [0.15, 0.2) is 39.9 Å². The summed E-state index contributed by atoms with van der Waals surface area (Å²) < 4.78 is 35.8. The minimum atomic E-state index is -4.04. The number of carbonyl (C=O) groups excluding carboxylic acids is 1. The van der Waals surface area contributed by atoms with Crippen molar-refractivity contribution in [3.8, 4) is 6.07 Å². The lowest BCUT2D eigenvalue weighted by atomic mass is 9.86. The maximum absolute atomic E-state index is 12.2. The lowest BCUT2D eigenvalue weighted by Gasteiger charge is -2.16. The third kappa shape index (κ3) is 3.55. The van der Waals surface area contributed by atoms with Gasteiger partial charge in [0.25, 0.3) is 15.1 Å². The van der Waals surface area contributed by atoms with Gasteiger partial charge >= 0.3 is 5.97 Å². The molecule has 0 radical (unpaired) electrons. The van der Waals surface area contributed by atoms with Crippen LogP contribution in [-0.2, 0) is 20.2 Å². The molecule has 1 heterocycles. The number of rotatable bonds is 5. The standard InChI is InChI=1S/C15H15N3O5S/c1-15(2,9-16)10-4-6-11(7-5-10)18-24(20,21)13-8-12(17-23-13)14(19)22-3/h4-8,18H,1-3H3. The Morgan fingerprint density at radius 3 is 2.50 bits per heavy atom. The predicted molar refractivity (Wildman–Crippen MR) is 83.7 cm³/mol. The first-order valence-corrected chi connectivity index (χ1v) is 8.27. The number of nitrogens with zero attached hydrogens (tertiary/aromatic N) is 2. The molecule has 0 unspecified atom stereocenters. The molecule has 2 aromatic rings. The number of nitrogens with one attached hydrogen (secondary N) is 1. The van der Waals surface area contributed by atoms with Gasteiger partial charge in [0.2, 0.25) is 0 Å². The van der Waals surface area contributed by atoms with Gasteiger partial charge in [0, 0.05) is 11.8 Å². The topological polar surface area (TPSA) is 122 Å². The Kier molecular flexibility index (Phi) is 4.61. The molecule has 1 N–H and O–H groups in total. The lowest BCUT2D eigenvalue weighted by molar-refractivity contribution is 0.0588. The molecule has 1 aromatic carbocycles. The zero-order valence-corrected chi connectivity index (χ0v) is 14.0. The zero-order chi connectivity index (χ0) is 18.0. The number of ether oxygens (including phenoxy) is 1. The number of benzene rings is 1. The maximum atomic E-state index is 12.2. The predicted octanol–water partition coefficient (Wildman–Crippen LogP) is 2.06. The summed E-state index contributed by atoms with van der Waals surface area (Å²) in [5, 5.41) is 11.9. The first-order valence-electron chi connectivity index (χ1n) is 6.79. The average molecular weight is 349 g/mol. The van der Waals surface area contributed by atoms with Crippen LogP contribution in [0.1, 0.15) is 29.9 Å². The third-order valence-corrected chi connectivity index (χ3v) is 4.51. The quantitative estimate of drug-likeness (QED) is 0.820. The average Bonchev–Trinajstić information content (AvgIpc) is 3.05. The Labute approximate surface area is 139 Å². The van der Waals surface area contributed by atoms with Crippen LogP contribution < -0.4 is 4.72 Å². The highest BCUT2D eigenvalue weighted by Gasteiger charge is 2.24. The fourth-order valence-electron chi connectivity index (χ4n) is 1.81. The molecular weight excluding hydrogens is 334 g/mol. The summed E-state index contributed by atoms with van der Waals surface area (Å²) in [6.07, 6.45) is 0. The van der Waals surface area contributed by atoms with E-state index in [1.54, 1.807) is 26.0 Å². The largest absolute Gasteiger partial charge is 0.464 e. The molecule has 0 aliphatic heterocycles. The number of esters is 1. The summed E-state index contributed by atoms with van der Waals surface area (Å²) in [4.78, 5) is 11.3. The first kappa shape index (κ1) is 17.5. The van der Waals surface area contributed by atoms with Gasteiger partial charge < -0.3 is 9.26 Å². The number of nitriles is 1. The van der Waals surface area contributed by atoms with Gasteiger partial charge in [-0.1, -0.05) is 17.3 Å². The summed E-state index contributed by atoms with van der Waals surface area (Å²) in [6, 6.07) is 9.51. The summed E-state index contributed by atoms with van der Waals surface area (Å²) >= 11 is 0. The molecule has 0 spiro atoms. The van der Waals surface area contributed by atoms with Crippen molar-refractivity contribution in [2.75, 3.05) is 11.8 Å². The molecular formula is C15H15N3O5S. The highest BCUT2D eigenvalue weighted by atomic mass is 32.2. The number of anilines is 1. The van der Waals surface area contributed by atoms with E-state index in [1.807, 2.05) is 0 Å². The second-order valence-electron chi connectivity index (χ2n) is 5.44. The second kappa shape index (κ2) is 6.33. The molecule has 0 aliphatic carbocycles. The SMILES string of the molecule is COC(=O)c1cc(S(=O)(=O)Nc2ccc(C(C)(C)C#N)cc2)on1. The summed E-state index contributed by atoms with van der Waals surface area (Å²) in [6.45, 7) is 3.52. The molecule has 9 heteroatoms. The maximum Gasteiger partial charge on any atom is 0.360 e. The highest BCUT2D eigenvalue weighted by molar-refractivity contribution is 7.92. The van der Waals surface area contributed by atoms with E-state index in [2.05, 4.69) is 25.2 Å². The number of sulfonamides is 1. The highest BCUT2D eigenvalue weighted by Crippen LogP contribution is 2.24. The molecule has 0 fully saturated rings. The summed E-state index contributed by atoms with van der Waals surface area (Å²) in [7, 11) is -2.89. The Balaban J connectivity index is 2.22. The van der Waals surface area contributed by atoms with Gasteiger partial charge in [0.1, 0.15) is 0 Å². The fourth-order valence-corrected chi connectivity index (χ4v) is 2.76. The van der Waals surface area contributed by atoms with Crippen LogP contribution in [0.25, 0.3) is 0 Å². The minimum absolute atomic E-state index is 0.246. The number of hydrogen-bond donors (Lipinski definition) is 1. The molecule has 126 valence electrons. The van der Waals surface area contributed by atoms with Gasteiger partial charge in [-0.15, -0.1) is 0 Å². The van der Waals surface area contributed by atoms with Crippen molar-refractivity contribution in [2.24, 2.45) is 0 Å². The molecule has 1 aromatic heterocycles. The lowest BCUT2D eigenvalue weighted by Crippen LogP contribution is -2.15. The smallest absolute Gasteiger partial charge is 0.360 e. The van der Waals surface area contributed by atoms with Crippen LogP contribution in [0.3, 0.4) is 0 Å². The van der Waals surface area contributed by atoms with E-state index >= 15 is 0 Å². The van der Waals surface area contributed by atoms with Crippen molar-refractivity contribution in [3.05, 3.63) is 41.6 Å². The van der Waals surface area contributed by atoms with Gasteiger partial charge in [-0.2, -0.15) is 13.7 Å². The third-order valence-electron chi connectivity index (χ3n) is 3.29. The molecule has 0 bridgehead atoms. The molecule has 24 heavy (non-hydrogen) atoms. The first-order chi connectivity index (χ1) is 11.2. The minimum Gasteiger partial charge on any atom is -0.464 e. The molecule has 0 saturated carbocycles. The fraction of sp³-hybridized carbons (Fsp3) is 0.267. The molecule has 0 amide bonds. The van der Waals surface area contributed by atoms with Crippen molar-refractivity contribution < 1.29 is 22.5 Å². The van der Waals surface area contributed by atoms with Gasteiger partial charge in [-0.05, 0) is 31.5 Å². The molecule has 0 aliphatic rings. The second-order valence-corrected chi connectivity index (χ2v) is 7.06. The van der Waals surface area contributed by atoms with Gasteiger partial charge in [0.05, 0.1) is 18.6 Å². The number of hydrogen-bond acceptors (Lipinski definition) is 7. The normalized spacial score (nSPS) is 11.6. The molecule has 0 atom stereocenters. The van der Waals surface area contributed by atoms with E-state index in [1.165, 1.54) is 12.1 Å². The van der Waals surface area contributed by atoms with Crippen LogP contribution in [0, 0.1) is 11.3 Å². The molecule has 0 saturated heterocycles. The van der Waals surface area contributed by atoms with E-state index in [-0.39, 0.29) is 11.4 Å². The number of methoxy groups -OCH3 is 1. The van der Waals surface area contributed by atoms with Crippen LogP contribution in [-0.4, -0.2) is 26.7 Å². The summed E-state index contributed by atoms with van der Waals surface area (Å²) in [5.74, 6) is -0.803. The Morgan fingerprint density at radius 1 is 1.33 bits per heavy atom. The van der Waals surface area contributed by atoms with E-state index in [4.69, 9.17) is 5.26 Å². The van der Waals surface area contributed by atoms with Crippen LogP contribution in [0.4, 0.5) is 5.69 Å². The van der Waals surface area contributed by atoms with Gasteiger partial charge in [-0.25, -0.2) is 4.79 Å².